The maximum atomic E-state index is 13.6. The van der Waals surface area contributed by atoms with Gasteiger partial charge in [-0.15, -0.1) is 0 Å². The number of ketones is 1. The summed E-state index contributed by atoms with van der Waals surface area (Å²) < 4.78 is 5.33. The number of aromatic hydroxyl groups is 1. The number of para-hydroxylation sites is 2. The monoisotopic (exact) mass is 460 g/mol. The molecule has 1 aliphatic carbocycles. The van der Waals surface area contributed by atoms with Crippen molar-refractivity contribution in [3.63, 3.8) is 0 Å². The van der Waals surface area contributed by atoms with Gasteiger partial charge in [-0.25, -0.2) is 0 Å². The van der Waals surface area contributed by atoms with E-state index in [2.05, 4.69) is 41.8 Å². The molecule has 0 saturated carbocycles. The normalized spacial score (nSPS) is 19.7. The predicted octanol–water partition coefficient (Wildman–Crippen LogP) is 6.34. The van der Waals surface area contributed by atoms with E-state index >= 15 is 0 Å². The first-order valence-electron chi connectivity index (χ1n) is 11.0. The molecule has 0 bridgehead atoms. The van der Waals surface area contributed by atoms with Crippen molar-refractivity contribution in [2.75, 3.05) is 17.7 Å². The van der Waals surface area contributed by atoms with Gasteiger partial charge in [0.05, 0.1) is 29.5 Å². The summed E-state index contributed by atoms with van der Waals surface area (Å²) in [4.78, 5) is 13.6. The van der Waals surface area contributed by atoms with Crippen molar-refractivity contribution in [3.8, 4) is 11.5 Å². The molecule has 6 heteroatoms. The van der Waals surface area contributed by atoms with E-state index in [-0.39, 0.29) is 28.2 Å². The van der Waals surface area contributed by atoms with Gasteiger partial charge in [-0.3, -0.25) is 4.79 Å². The summed E-state index contributed by atoms with van der Waals surface area (Å²) in [7, 11) is 1.48. The van der Waals surface area contributed by atoms with Crippen molar-refractivity contribution in [1.82, 2.24) is 0 Å². The van der Waals surface area contributed by atoms with Gasteiger partial charge >= 0.3 is 0 Å². The number of allylic oxidation sites excluding steroid dienone is 1. The fraction of sp³-hybridized carbons (Fsp3) is 0.222. The van der Waals surface area contributed by atoms with Gasteiger partial charge < -0.3 is 20.5 Å². The van der Waals surface area contributed by atoms with Gasteiger partial charge in [-0.05, 0) is 54.7 Å². The van der Waals surface area contributed by atoms with E-state index in [1.165, 1.54) is 18.2 Å². The smallest absolute Gasteiger partial charge is 0.176 e. The molecule has 2 aliphatic rings. The zero-order valence-electron chi connectivity index (χ0n) is 18.5. The van der Waals surface area contributed by atoms with Crippen LogP contribution in [0, 0.1) is 6.92 Å². The number of rotatable bonds is 3. The Balaban J connectivity index is 1.63. The van der Waals surface area contributed by atoms with Crippen LogP contribution in [0.5, 0.6) is 11.5 Å². The van der Waals surface area contributed by atoms with Crippen LogP contribution in [-0.2, 0) is 4.79 Å². The molecule has 1 heterocycles. The molecule has 2 atom stereocenters. The average molecular weight is 461 g/mol. The molecule has 33 heavy (non-hydrogen) atoms. The molecular weight excluding hydrogens is 436 g/mol. The van der Waals surface area contributed by atoms with Crippen LogP contribution in [-0.4, -0.2) is 18.0 Å². The van der Waals surface area contributed by atoms with Gasteiger partial charge in [0.2, 0.25) is 0 Å². The molecule has 0 aromatic heterocycles. The van der Waals surface area contributed by atoms with Crippen molar-refractivity contribution >= 4 is 28.8 Å². The van der Waals surface area contributed by atoms with Crippen LogP contribution in [0.25, 0.3) is 0 Å². The van der Waals surface area contributed by atoms with Crippen LogP contribution >= 0.6 is 11.6 Å². The highest BCUT2D eigenvalue weighted by molar-refractivity contribution is 6.32. The van der Waals surface area contributed by atoms with Crippen molar-refractivity contribution in [3.05, 3.63) is 93.6 Å². The van der Waals surface area contributed by atoms with E-state index in [1.54, 1.807) is 12.1 Å². The third-order valence-corrected chi connectivity index (χ3v) is 6.75. The zero-order chi connectivity index (χ0) is 23.1. The Morgan fingerprint density at radius 1 is 1.00 bits per heavy atom. The fourth-order valence-electron chi connectivity index (χ4n) is 4.73. The molecule has 1 aliphatic heterocycles. The minimum Gasteiger partial charge on any atom is -0.503 e. The van der Waals surface area contributed by atoms with Crippen LogP contribution in [0.15, 0.2) is 71.9 Å². The minimum absolute atomic E-state index is 0.0859. The summed E-state index contributed by atoms with van der Waals surface area (Å²) in [5.74, 6) is 0.349. The first kappa shape index (κ1) is 21.4. The van der Waals surface area contributed by atoms with Crippen LogP contribution in [0.4, 0.5) is 11.4 Å². The largest absolute Gasteiger partial charge is 0.503 e. The molecule has 168 valence electrons. The Morgan fingerprint density at radius 3 is 2.45 bits per heavy atom. The SMILES string of the molecule is COc1cc([C@@H]2Nc3ccccc3NC3=C2C(=O)C[C@H](c2ccc(C)cc2)C3)cc(Cl)c1O. The Hall–Kier alpha value is -3.44. The topological polar surface area (TPSA) is 70.6 Å². The Labute approximate surface area is 198 Å². The number of carbonyl (C=O) groups is 1. The number of halogens is 1. The molecule has 0 amide bonds. The molecule has 0 saturated heterocycles. The molecular formula is C27H25ClN2O3. The summed E-state index contributed by atoms with van der Waals surface area (Å²) in [6.07, 6.45) is 1.15. The van der Waals surface area contributed by atoms with E-state index in [4.69, 9.17) is 16.3 Å². The second kappa shape index (κ2) is 8.49. The van der Waals surface area contributed by atoms with Crippen LogP contribution < -0.4 is 15.4 Å². The van der Waals surface area contributed by atoms with Crippen LogP contribution in [0.2, 0.25) is 5.02 Å². The van der Waals surface area contributed by atoms with E-state index in [1.807, 2.05) is 24.3 Å². The number of carbonyl (C=O) groups excluding carboxylic acids is 1. The van der Waals surface area contributed by atoms with Gasteiger partial charge in [-0.1, -0.05) is 53.6 Å². The second-order valence-corrected chi connectivity index (χ2v) is 9.04. The number of methoxy groups -OCH3 is 1. The fourth-order valence-corrected chi connectivity index (χ4v) is 4.95. The molecule has 5 rings (SSSR count). The number of phenols is 1. The Morgan fingerprint density at radius 2 is 1.73 bits per heavy atom. The number of hydrogen-bond donors (Lipinski definition) is 3. The number of nitrogens with one attached hydrogen (secondary N) is 2. The number of aryl methyl sites for hydroxylation is 1. The van der Waals surface area contributed by atoms with E-state index in [0.29, 0.717) is 12.0 Å². The molecule has 0 spiro atoms. The lowest BCUT2D eigenvalue weighted by Gasteiger charge is -2.30. The molecule has 0 radical (unpaired) electrons. The Kier molecular flexibility index (Phi) is 5.51. The quantitative estimate of drug-likeness (QED) is 0.425. The minimum atomic E-state index is -0.436. The van der Waals surface area contributed by atoms with E-state index in [0.717, 1.165) is 29.1 Å². The standard InChI is InChI=1S/C27H25ClN2O3/c1-15-7-9-16(10-8-15)17-12-22-25(23(31)13-17)26(30-21-6-4-3-5-20(21)29-22)18-11-19(28)27(32)24(14-18)33-2/h3-11,14,17,26,29-30,32H,12-13H2,1-2H3/t17-,26+/m1/s1. The first-order valence-corrected chi connectivity index (χ1v) is 11.3. The third-order valence-electron chi connectivity index (χ3n) is 6.46. The third kappa shape index (κ3) is 3.93. The average Bonchev–Trinajstić information content (AvgIpc) is 2.98. The number of Topliss-reactive ketones (excluding diaryl/α,β-unsaturated/α-hetero) is 1. The summed E-state index contributed by atoms with van der Waals surface area (Å²) in [5.41, 5.74) is 6.52. The highest BCUT2D eigenvalue weighted by atomic mass is 35.5. The highest BCUT2D eigenvalue weighted by Gasteiger charge is 2.36. The number of fused-ring (bicyclic) bond motifs is 1. The zero-order valence-corrected chi connectivity index (χ0v) is 19.2. The van der Waals surface area contributed by atoms with Crippen molar-refractivity contribution < 1.29 is 14.6 Å². The first-order chi connectivity index (χ1) is 15.9. The highest BCUT2D eigenvalue weighted by Crippen LogP contribution is 2.46. The molecule has 0 fully saturated rings. The summed E-state index contributed by atoms with van der Waals surface area (Å²) in [6, 6.07) is 19.3. The van der Waals surface area contributed by atoms with E-state index in [9.17, 15) is 9.90 Å². The second-order valence-electron chi connectivity index (χ2n) is 8.63. The maximum absolute atomic E-state index is 13.6. The summed E-state index contributed by atoms with van der Waals surface area (Å²) >= 11 is 6.31. The lowest BCUT2D eigenvalue weighted by Crippen LogP contribution is -2.27. The molecule has 3 N–H and O–H groups in total. The molecule has 3 aromatic carbocycles. The van der Waals surface area contributed by atoms with Gasteiger partial charge in [0.25, 0.3) is 0 Å². The molecule has 0 unspecified atom stereocenters. The van der Waals surface area contributed by atoms with E-state index < -0.39 is 6.04 Å². The summed E-state index contributed by atoms with van der Waals surface area (Å²) in [5, 5.41) is 17.5. The van der Waals surface area contributed by atoms with Gasteiger partial charge in [0.15, 0.2) is 17.3 Å². The van der Waals surface area contributed by atoms with Gasteiger partial charge in [0.1, 0.15) is 0 Å². The molecule has 3 aromatic rings. The number of phenolic OH excluding ortho intramolecular Hbond substituents is 1. The van der Waals surface area contributed by atoms with Gasteiger partial charge in [0, 0.05) is 17.7 Å². The van der Waals surface area contributed by atoms with Crippen molar-refractivity contribution in [2.24, 2.45) is 0 Å². The number of benzene rings is 3. The predicted molar refractivity (Wildman–Crippen MR) is 131 cm³/mol. The summed E-state index contributed by atoms with van der Waals surface area (Å²) in [6.45, 7) is 2.06. The van der Waals surface area contributed by atoms with Crippen LogP contribution in [0.3, 0.4) is 0 Å². The Bertz CT molecular complexity index is 1270. The lowest BCUT2D eigenvalue weighted by atomic mass is 9.78. The number of hydrogen-bond acceptors (Lipinski definition) is 5. The molecule has 5 nitrogen and oxygen atoms in total. The van der Waals surface area contributed by atoms with Gasteiger partial charge in [-0.2, -0.15) is 0 Å². The van der Waals surface area contributed by atoms with Crippen molar-refractivity contribution in [1.29, 1.82) is 0 Å². The number of anilines is 2. The maximum Gasteiger partial charge on any atom is 0.176 e. The van der Waals surface area contributed by atoms with Crippen LogP contribution in [0.1, 0.15) is 41.5 Å². The number of ether oxygens (including phenoxy) is 1. The lowest BCUT2D eigenvalue weighted by molar-refractivity contribution is -0.116. The van der Waals surface area contributed by atoms with Crippen molar-refractivity contribution in [2.45, 2.75) is 31.7 Å².